The van der Waals surface area contributed by atoms with Gasteiger partial charge in [-0.1, -0.05) is 29.8 Å². The van der Waals surface area contributed by atoms with Crippen LogP contribution in [0, 0.1) is 11.8 Å². The van der Waals surface area contributed by atoms with Crippen molar-refractivity contribution in [2.75, 3.05) is 19.4 Å². The minimum Gasteiger partial charge on any atom is -0.396 e. The maximum Gasteiger partial charge on any atom is 0.271 e. The Morgan fingerprint density at radius 3 is 3.00 bits per heavy atom. The monoisotopic (exact) mass is 315 g/mol. The lowest BCUT2D eigenvalue weighted by Gasteiger charge is -2.17. The number of aliphatic hydroxyl groups is 1. The summed E-state index contributed by atoms with van der Waals surface area (Å²) in [7, 11) is 0. The molecular formula is C13H18ClN3O2S. The van der Waals surface area contributed by atoms with Crippen LogP contribution in [0.2, 0.25) is 5.02 Å². The Labute approximate surface area is 127 Å². The van der Waals surface area contributed by atoms with Crippen LogP contribution in [0.4, 0.5) is 0 Å². The lowest BCUT2D eigenvalue weighted by Crippen LogP contribution is -2.32. The molecule has 0 radical (unpaired) electrons. The minimum atomic E-state index is -0.281. The Morgan fingerprint density at radius 1 is 1.55 bits per heavy atom. The first-order chi connectivity index (χ1) is 9.65. The fourth-order valence-corrected chi connectivity index (χ4v) is 3.06. The smallest absolute Gasteiger partial charge is 0.271 e. The van der Waals surface area contributed by atoms with Gasteiger partial charge in [-0.05, 0) is 30.9 Å². The van der Waals surface area contributed by atoms with Crippen LogP contribution in [0.25, 0.3) is 0 Å². The van der Waals surface area contributed by atoms with E-state index in [0.717, 1.165) is 19.3 Å². The molecule has 1 aliphatic rings. The van der Waals surface area contributed by atoms with Crippen LogP contribution in [-0.4, -0.2) is 40.4 Å². The van der Waals surface area contributed by atoms with Gasteiger partial charge in [-0.25, -0.2) is 9.97 Å². The molecule has 2 unspecified atom stereocenters. The Balaban J connectivity index is 1.98. The summed E-state index contributed by atoms with van der Waals surface area (Å²) in [6.45, 7) is 0.740. The van der Waals surface area contributed by atoms with Gasteiger partial charge >= 0.3 is 0 Å². The topological polar surface area (TPSA) is 75.1 Å². The molecule has 2 N–H and O–H groups in total. The molecule has 0 aliphatic heterocycles. The number of hydrogen-bond acceptors (Lipinski definition) is 5. The average Bonchev–Trinajstić information content (AvgIpc) is 2.92. The van der Waals surface area contributed by atoms with E-state index in [0.29, 0.717) is 17.6 Å². The van der Waals surface area contributed by atoms with Crippen molar-refractivity contribution in [3.63, 3.8) is 0 Å². The number of hydrogen-bond donors (Lipinski definition) is 2. The lowest BCUT2D eigenvalue weighted by atomic mass is 9.97. The van der Waals surface area contributed by atoms with Gasteiger partial charge in [-0.2, -0.15) is 0 Å². The highest BCUT2D eigenvalue weighted by atomic mass is 35.5. The Morgan fingerprint density at radius 2 is 2.30 bits per heavy atom. The van der Waals surface area contributed by atoms with Crippen molar-refractivity contribution >= 4 is 29.3 Å². The van der Waals surface area contributed by atoms with Crippen LogP contribution in [0.5, 0.6) is 0 Å². The van der Waals surface area contributed by atoms with Crippen LogP contribution in [0.3, 0.4) is 0 Å². The van der Waals surface area contributed by atoms with Crippen molar-refractivity contribution < 1.29 is 9.90 Å². The maximum atomic E-state index is 12.1. The van der Waals surface area contributed by atoms with Crippen LogP contribution < -0.4 is 5.32 Å². The van der Waals surface area contributed by atoms with Gasteiger partial charge in [0.05, 0.1) is 11.2 Å². The Bertz CT molecular complexity index is 487. The molecule has 1 saturated carbocycles. The first-order valence-electron chi connectivity index (χ1n) is 6.61. The molecule has 1 aromatic rings. The lowest BCUT2D eigenvalue weighted by molar-refractivity contribution is 0.0932. The van der Waals surface area contributed by atoms with Gasteiger partial charge in [0.1, 0.15) is 0 Å². The van der Waals surface area contributed by atoms with Crippen molar-refractivity contribution in [1.29, 1.82) is 0 Å². The van der Waals surface area contributed by atoms with Gasteiger partial charge in [-0.15, -0.1) is 0 Å². The van der Waals surface area contributed by atoms with E-state index in [1.165, 1.54) is 18.0 Å². The summed E-state index contributed by atoms with van der Waals surface area (Å²) in [5.41, 5.74) is 0.213. The van der Waals surface area contributed by atoms with Crippen molar-refractivity contribution in [1.82, 2.24) is 15.3 Å². The van der Waals surface area contributed by atoms with Crippen LogP contribution in [0.15, 0.2) is 11.4 Å². The van der Waals surface area contributed by atoms with Crippen LogP contribution in [0.1, 0.15) is 29.8 Å². The molecule has 7 heteroatoms. The van der Waals surface area contributed by atoms with Crippen LogP contribution >= 0.6 is 23.4 Å². The van der Waals surface area contributed by atoms with E-state index in [1.54, 1.807) is 0 Å². The molecule has 2 atom stereocenters. The first-order valence-corrected chi connectivity index (χ1v) is 8.21. The number of thioether (sulfide) groups is 1. The van der Waals surface area contributed by atoms with Gasteiger partial charge in [0.2, 0.25) is 0 Å². The number of aliphatic hydroxyl groups excluding tert-OH is 1. The molecule has 0 spiro atoms. The van der Waals surface area contributed by atoms with Gasteiger partial charge in [0.25, 0.3) is 5.91 Å². The maximum absolute atomic E-state index is 12.1. The quantitative estimate of drug-likeness (QED) is 0.642. The fourth-order valence-electron chi connectivity index (χ4n) is 2.54. The molecule has 1 aliphatic carbocycles. The summed E-state index contributed by atoms with van der Waals surface area (Å²) >= 11 is 7.33. The number of carbonyl (C=O) groups is 1. The standard InChI is InChI=1S/C13H18ClN3O2S/c1-20-13-16-6-10(14)11(17-13)12(19)15-5-8-3-2-4-9(8)7-18/h6,8-9,18H,2-5,7H2,1H3,(H,15,19). The van der Waals surface area contributed by atoms with Gasteiger partial charge in [-0.3, -0.25) is 4.79 Å². The van der Waals surface area contributed by atoms with Crippen molar-refractivity contribution in [2.45, 2.75) is 24.4 Å². The molecule has 0 saturated heterocycles. The summed E-state index contributed by atoms with van der Waals surface area (Å²) in [5, 5.41) is 12.9. The van der Waals surface area contributed by atoms with Crippen LogP contribution in [-0.2, 0) is 0 Å². The zero-order valence-corrected chi connectivity index (χ0v) is 12.9. The zero-order chi connectivity index (χ0) is 14.5. The number of aromatic nitrogens is 2. The first kappa shape index (κ1) is 15.5. The second-order valence-electron chi connectivity index (χ2n) is 4.90. The largest absolute Gasteiger partial charge is 0.396 e. The average molecular weight is 316 g/mol. The third-order valence-electron chi connectivity index (χ3n) is 3.70. The van der Waals surface area contributed by atoms with E-state index in [2.05, 4.69) is 15.3 Å². The second-order valence-corrected chi connectivity index (χ2v) is 6.08. The fraction of sp³-hybridized carbons (Fsp3) is 0.615. The molecule has 1 amide bonds. The summed E-state index contributed by atoms with van der Waals surface area (Å²) in [6.07, 6.45) is 6.47. The van der Waals surface area contributed by atoms with E-state index < -0.39 is 0 Å². The Hall–Kier alpha value is -0.850. The molecular weight excluding hydrogens is 298 g/mol. The molecule has 0 aromatic carbocycles. The van der Waals surface area contributed by atoms with Gasteiger partial charge in [0, 0.05) is 13.2 Å². The molecule has 20 heavy (non-hydrogen) atoms. The summed E-state index contributed by atoms with van der Waals surface area (Å²) in [5.74, 6) is 0.346. The van der Waals surface area contributed by atoms with Crippen molar-refractivity contribution in [3.8, 4) is 0 Å². The van der Waals surface area contributed by atoms with Gasteiger partial charge in [0.15, 0.2) is 10.9 Å². The van der Waals surface area contributed by atoms with E-state index in [1.807, 2.05) is 6.26 Å². The number of amides is 1. The van der Waals surface area contributed by atoms with E-state index in [9.17, 15) is 9.90 Å². The SMILES string of the molecule is CSc1ncc(Cl)c(C(=O)NCC2CCCC2CO)n1. The highest BCUT2D eigenvalue weighted by Gasteiger charge is 2.27. The van der Waals surface area contributed by atoms with E-state index >= 15 is 0 Å². The van der Waals surface area contributed by atoms with Crippen molar-refractivity contribution in [2.24, 2.45) is 11.8 Å². The second kappa shape index (κ2) is 7.24. The minimum absolute atomic E-state index is 0.186. The van der Waals surface area contributed by atoms with Gasteiger partial charge < -0.3 is 10.4 Å². The summed E-state index contributed by atoms with van der Waals surface area (Å²) < 4.78 is 0. The zero-order valence-electron chi connectivity index (χ0n) is 11.3. The highest BCUT2D eigenvalue weighted by Crippen LogP contribution is 2.30. The van der Waals surface area contributed by atoms with Crippen molar-refractivity contribution in [3.05, 3.63) is 16.9 Å². The third-order valence-corrected chi connectivity index (χ3v) is 4.53. The molecule has 2 rings (SSSR count). The number of nitrogens with one attached hydrogen (secondary N) is 1. The molecule has 1 aromatic heterocycles. The predicted octanol–water partition coefficient (Wildman–Crippen LogP) is 1.99. The molecule has 0 bridgehead atoms. The summed E-state index contributed by atoms with van der Waals surface area (Å²) in [4.78, 5) is 20.3. The van der Waals surface area contributed by atoms with E-state index in [4.69, 9.17) is 11.6 Å². The number of carbonyl (C=O) groups excluding carboxylic acids is 1. The molecule has 1 fully saturated rings. The molecule has 5 nitrogen and oxygen atoms in total. The number of rotatable bonds is 5. The normalized spacial score (nSPS) is 21.9. The molecule has 1 heterocycles. The third kappa shape index (κ3) is 3.62. The number of halogens is 1. The predicted molar refractivity (Wildman–Crippen MR) is 79.1 cm³/mol. The van der Waals surface area contributed by atoms with E-state index in [-0.39, 0.29) is 29.1 Å². The summed E-state index contributed by atoms with van der Waals surface area (Å²) in [6, 6.07) is 0. The molecule has 110 valence electrons. The number of nitrogens with zero attached hydrogens (tertiary/aromatic N) is 2. The highest BCUT2D eigenvalue weighted by molar-refractivity contribution is 7.98. The Kier molecular flexibility index (Phi) is 5.63.